The van der Waals surface area contributed by atoms with Gasteiger partial charge in [0.2, 0.25) is 11.8 Å². The predicted molar refractivity (Wildman–Crippen MR) is 64.3 cm³/mol. The van der Waals surface area contributed by atoms with E-state index in [-0.39, 0.29) is 17.2 Å². The minimum atomic E-state index is -0.376. The molecule has 5 nitrogen and oxygen atoms in total. The lowest BCUT2D eigenvalue weighted by Crippen LogP contribution is -2.36. The van der Waals surface area contributed by atoms with Crippen LogP contribution in [0.3, 0.4) is 0 Å². The first-order valence-corrected chi connectivity index (χ1v) is 6.54. The van der Waals surface area contributed by atoms with E-state index in [9.17, 15) is 9.59 Å². The van der Waals surface area contributed by atoms with Gasteiger partial charge >= 0.3 is 0 Å². The molecule has 3 rings (SSSR count). The number of hydrogen-bond acceptors (Lipinski definition) is 3. The SMILES string of the molecule is O=C1CC2(CCCCC2)C(=O)N1Cc1cn[nH]c1. The van der Waals surface area contributed by atoms with Crippen molar-refractivity contribution in [1.82, 2.24) is 15.1 Å². The second-order valence-corrected chi connectivity index (χ2v) is 5.41. The molecule has 0 bridgehead atoms. The maximum absolute atomic E-state index is 12.5. The maximum atomic E-state index is 12.5. The number of aromatic amines is 1. The highest BCUT2D eigenvalue weighted by molar-refractivity contribution is 6.05. The van der Waals surface area contributed by atoms with Crippen molar-refractivity contribution in [3.05, 3.63) is 18.0 Å². The molecule has 0 aromatic carbocycles. The van der Waals surface area contributed by atoms with Crippen molar-refractivity contribution >= 4 is 11.8 Å². The molecule has 1 saturated carbocycles. The van der Waals surface area contributed by atoms with Gasteiger partial charge in [-0.3, -0.25) is 19.6 Å². The van der Waals surface area contributed by atoms with Crippen LogP contribution >= 0.6 is 0 Å². The Morgan fingerprint density at radius 3 is 2.72 bits per heavy atom. The molecule has 96 valence electrons. The molecule has 2 fully saturated rings. The fourth-order valence-corrected chi connectivity index (χ4v) is 3.19. The number of rotatable bonds is 2. The van der Waals surface area contributed by atoms with E-state index in [0.29, 0.717) is 13.0 Å². The first kappa shape index (κ1) is 11.4. The molecular formula is C13H17N3O2. The van der Waals surface area contributed by atoms with Crippen LogP contribution in [0.5, 0.6) is 0 Å². The van der Waals surface area contributed by atoms with Crippen LogP contribution in [0.25, 0.3) is 0 Å². The fourth-order valence-electron chi connectivity index (χ4n) is 3.19. The van der Waals surface area contributed by atoms with Gasteiger partial charge in [0.15, 0.2) is 0 Å². The summed E-state index contributed by atoms with van der Waals surface area (Å²) in [5.41, 5.74) is 0.503. The van der Waals surface area contributed by atoms with Gasteiger partial charge in [0.25, 0.3) is 0 Å². The second-order valence-electron chi connectivity index (χ2n) is 5.41. The minimum absolute atomic E-state index is 0.0249. The zero-order chi connectivity index (χ0) is 12.6. The molecule has 1 saturated heterocycles. The van der Waals surface area contributed by atoms with Gasteiger partial charge in [-0.2, -0.15) is 5.10 Å². The largest absolute Gasteiger partial charge is 0.285 e. The highest BCUT2D eigenvalue weighted by Crippen LogP contribution is 2.45. The van der Waals surface area contributed by atoms with E-state index in [4.69, 9.17) is 0 Å². The molecule has 2 amide bonds. The Morgan fingerprint density at radius 2 is 2.06 bits per heavy atom. The van der Waals surface area contributed by atoms with Gasteiger partial charge in [0.1, 0.15) is 0 Å². The zero-order valence-corrected chi connectivity index (χ0v) is 10.3. The van der Waals surface area contributed by atoms with Gasteiger partial charge in [0, 0.05) is 18.2 Å². The molecule has 1 N–H and O–H groups in total. The minimum Gasteiger partial charge on any atom is -0.285 e. The van der Waals surface area contributed by atoms with Gasteiger partial charge in [0.05, 0.1) is 18.2 Å². The number of carbonyl (C=O) groups excluding carboxylic acids is 2. The number of H-pyrrole nitrogens is 1. The smallest absolute Gasteiger partial charge is 0.236 e. The Bertz CT molecular complexity index is 461. The van der Waals surface area contributed by atoms with Crippen molar-refractivity contribution in [1.29, 1.82) is 0 Å². The molecular weight excluding hydrogens is 230 g/mol. The van der Waals surface area contributed by atoms with Gasteiger partial charge in [-0.15, -0.1) is 0 Å². The normalized spacial score (nSPS) is 23.0. The molecule has 5 heteroatoms. The van der Waals surface area contributed by atoms with Gasteiger partial charge in [-0.1, -0.05) is 19.3 Å². The Balaban J connectivity index is 1.80. The highest BCUT2D eigenvalue weighted by Gasteiger charge is 2.51. The Hall–Kier alpha value is -1.65. The van der Waals surface area contributed by atoms with Crippen molar-refractivity contribution in [3.8, 4) is 0 Å². The molecule has 0 unspecified atom stereocenters. The van der Waals surface area contributed by atoms with Crippen LogP contribution in [0, 0.1) is 5.41 Å². The van der Waals surface area contributed by atoms with E-state index in [0.717, 1.165) is 31.2 Å². The maximum Gasteiger partial charge on any atom is 0.236 e. The number of nitrogens with zero attached hydrogens (tertiary/aromatic N) is 2. The zero-order valence-electron chi connectivity index (χ0n) is 10.3. The molecule has 1 spiro atoms. The van der Waals surface area contributed by atoms with Crippen molar-refractivity contribution in [3.63, 3.8) is 0 Å². The molecule has 2 aliphatic rings. The lowest BCUT2D eigenvalue weighted by molar-refractivity contribution is -0.142. The van der Waals surface area contributed by atoms with Crippen molar-refractivity contribution < 1.29 is 9.59 Å². The lowest BCUT2D eigenvalue weighted by atomic mass is 9.73. The van der Waals surface area contributed by atoms with E-state index in [1.807, 2.05) is 0 Å². The number of carbonyl (C=O) groups is 2. The van der Waals surface area contributed by atoms with Crippen LogP contribution in [0.4, 0.5) is 0 Å². The molecule has 0 atom stereocenters. The van der Waals surface area contributed by atoms with Crippen LogP contribution in [-0.2, 0) is 16.1 Å². The van der Waals surface area contributed by atoms with E-state index >= 15 is 0 Å². The highest BCUT2D eigenvalue weighted by atomic mass is 16.2. The predicted octanol–water partition coefficient (Wildman–Crippen LogP) is 1.62. The monoisotopic (exact) mass is 247 g/mol. The molecule has 2 heterocycles. The molecule has 0 radical (unpaired) electrons. The van der Waals surface area contributed by atoms with E-state index in [1.165, 1.54) is 11.3 Å². The lowest BCUT2D eigenvalue weighted by Gasteiger charge is -2.30. The summed E-state index contributed by atoms with van der Waals surface area (Å²) >= 11 is 0. The van der Waals surface area contributed by atoms with Crippen molar-refractivity contribution in [2.45, 2.75) is 45.1 Å². The number of likely N-dealkylation sites (tertiary alicyclic amines) is 1. The number of amides is 2. The number of imide groups is 1. The number of hydrogen-bond donors (Lipinski definition) is 1. The van der Waals surface area contributed by atoms with Crippen LogP contribution in [0.15, 0.2) is 12.4 Å². The third-order valence-electron chi connectivity index (χ3n) is 4.20. The van der Waals surface area contributed by atoms with Gasteiger partial charge in [-0.05, 0) is 12.8 Å². The average Bonchev–Trinajstić information content (AvgIpc) is 2.95. The van der Waals surface area contributed by atoms with Gasteiger partial charge in [-0.25, -0.2) is 0 Å². The summed E-state index contributed by atoms with van der Waals surface area (Å²) < 4.78 is 0. The molecule has 1 aromatic heterocycles. The van der Waals surface area contributed by atoms with E-state index < -0.39 is 0 Å². The first-order chi connectivity index (χ1) is 8.71. The first-order valence-electron chi connectivity index (χ1n) is 6.54. The number of nitrogens with one attached hydrogen (secondary N) is 1. The summed E-state index contributed by atoms with van der Waals surface area (Å²) in [6.07, 6.45) is 8.86. The van der Waals surface area contributed by atoms with E-state index in [2.05, 4.69) is 10.2 Å². The summed E-state index contributed by atoms with van der Waals surface area (Å²) in [6, 6.07) is 0. The summed E-state index contributed by atoms with van der Waals surface area (Å²) in [4.78, 5) is 26.0. The Labute approximate surface area is 106 Å². The second kappa shape index (κ2) is 4.23. The third kappa shape index (κ3) is 1.74. The van der Waals surface area contributed by atoms with Crippen molar-refractivity contribution in [2.75, 3.05) is 0 Å². The van der Waals surface area contributed by atoms with Crippen molar-refractivity contribution in [2.24, 2.45) is 5.41 Å². The van der Waals surface area contributed by atoms with Crippen LogP contribution in [-0.4, -0.2) is 26.9 Å². The quantitative estimate of drug-likeness (QED) is 0.807. The topological polar surface area (TPSA) is 66.1 Å². The van der Waals surface area contributed by atoms with E-state index in [1.54, 1.807) is 12.4 Å². The molecule has 1 aliphatic heterocycles. The summed E-state index contributed by atoms with van der Waals surface area (Å²) in [7, 11) is 0. The fraction of sp³-hybridized carbons (Fsp3) is 0.615. The van der Waals surface area contributed by atoms with Crippen LogP contribution in [0.2, 0.25) is 0 Å². The van der Waals surface area contributed by atoms with Crippen LogP contribution in [0.1, 0.15) is 44.1 Å². The summed E-state index contributed by atoms with van der Waals surface area (Å²) in [5, 5.41) is 6.55. The summed E-state index contributed by atoms with van der Waals surface area (Å²) in [5.74, 6) is 0.0106. The third-order valence-corrected chi connectivity index (χ3v) is 4.20. The standard InChI is InChI=1S/C13H17N3O2/c17-11-6-13(4-2-1-3-5-13)12(18)16(11)9-10-7-14-15-8-10/h7-8H,1-6,9H2,(H,14,15). The molecule has 18 heavy (non-hydrogen) atoms. The average molecular weight is 247 g/mol. The Morgan fingerprint density at radius 1 is 1.28 bits per heavy atom. The summed E-state index contributed by atoms with van der Waals surface area (Å²) in [6.45, 7) is 0.357. The number of aromatic nitrogens is 2. The molecule has 1 aliphatic carbocycles. The van der Waals surface area contributed by atoms with Crippen LogP contribution < -0.4 is 0 Å². The van der Waals surface area contributed by atoms with Gasteiger partial charge < -0.3 is 0 Å². The Kier molecular flexibility index (Phi) is 2.69. The molecule has 1 aromatic rings.